The third kappa shape index (κ3) is 4.73. The van der Waals surface area contributed by atoms with E-state index in [0.29, 0.717) is 18.4 Å². The molecule has 184 valence electrons. The molecule has 34 heavy (non-hydrogen) atoms. The van der Waals surface area contributed by atoms with Crippen LogP contribution in [-0.2, 0) is 9.98 Å². The average molecular weight is 485 g/mol. The van der Waals surface area contributed by atoms with Gasteiger partial charge in [-0.15, -0.1) is 0 Å². The van der Waals surface area contributed by atoms with Crippen molar-refractivity contribution in [1.29, 1.82) is 0 Å². The van der Waals surface area contributed by atoms with E-state index in [4.69, 9.17) is 9.47 Å². The van der Waals surface area contributed by atoms with Crippen molar-refractivity contribution >= 4 is 18.2 Å². The minimum Gasteiger partial charge on any atom is -0.496 e. The second-order valence-corrected chi connectivity index (χ2v) is 13.2. The second kappa shape index (κ2) is 10.1. The van der Waals surface area contributed by atoms with Crippen LogP contribution in [0.5, 0.6) is 11.5 Å². The van der Waals surface area contributed by atoms with Gasteiger partial charge in [-0.2, -0.15) is 0 Å². The van der Waals surface area contributed by atoms with Gasteiger partial charge in [0.1, 0.15) is 17.1 Å². The van der Waals surface area contributed by atoms with E-state index >= 15 is 0 Å². The van der Waals surface area contributed by atoms with Crippen LogP contribution in [0.25, 0.3) is 0 Å². The van der Waals surface area contributed by atoms with Crippen molar-refractivity contribution in [2.75, 3.05) is 14.2 Å². The summed E-state index contributed by atoms with van der Waals surface area (Å²) >= 11 is 0. The van der Waals surface area contributed by atoms with Crippen molar-refractivity contribution in [1.82, 2.24) is 0 Å². The molecule has 0 saturated heterocycles. The minimum atomic E-state index is -4.05. The fourth-order valence-corrected chi connectivity index (χ4v) is 8.17. The number of hydrogen-bond acceptors (Lipinski definition) is 5. The zero-order chi connectivity index (χ0) is 25.3. The summed E-state index contributed by atoms with van der Waals surface area (Å²) in [5.41, 5.74) is 1.36. The number of aryl methyl sites for hydroxylation is 2. The summed E-state index contributed by atoms with van der Waals surface area (Å²) in [6.07, 6.45) is 3.95. The molecule has 0 amide bonds. The highest BCUT2D eigenvalue weighted by atomic mass is 31.2. The van der Waals surface area contributed by atoms with Crippen LogP contribution in [0.2, 0.25) is 0 Å². The second-order valence-electron chi connectivity index (χ2n) is 10.3. The molecule has 1 fully saturated rings. The number of carbonyl (C=O) groups is 2. The lowest BCUT2D eigenvalue weighted by Gasteiger charge is -2.30. The van der Waals surface area contributed by atoms with E-state index in [0.717, 1.165) is 36.0 Å². The highest BCUT2D eigenvalue weighted by molar-refractivity contribution is 7.96. The fourth-order valence-electron chi connectivity index (χ4n) is 5.00. The summed E-state index contributed by atoms with van der Waals surface area (Å²) in [5.74, 6) is 0.536. The van der Waals surface area contributed by atoms with Gasteiger partial charge in [0.15, 0.2) is 0 Å². The smallest absolute Gasteiger partial charge is 0.236 e. The molecule has 2 aromatic rings. The molecule has 0 aliphatic heterocycles. The Morgan fingerprint density at radius 3 is 1.76 bits per heavy atom. The third-order valence-electron chi connectivity index (χ3n) is 6.95. The monoisotopic (exact) mass is 484 g/mol. The summed E-state index contributed by atoms with van der Waals surface area (Å²) in [5, 5.41) is 0. The minimum absolute atomic E-state index is 0.0925. The maximum absolute atomic E-state index is 14.9. The van der Waals surface area contributed by atoms with E-state index in [-0.39, 0.29) is 22.5 Å². The number of ether oxygens (including phenoxy) is 2. The first-order valence-electron chi connectivity index (χ1n) is 12.0. The molecule has 6 heteroatoms. The van der Waals surface area contributed by atoms with Crippen LogP contribution in [0.1, 0.15) is 90.3 Å². The van der Waals surface area contributed by atoms with Crippen LogP contribution >= 0.6 is 7.14 Å². The van der Waals surface area contributed by atoms with Gasteiger partial charge in [-0.1, -0.05) is 58.2 Å². The van der Waals surface area contributed by atoms with E-state index in [9.17, 15) is 14.2 Å². The molecule has 0 heterocycles. The van der Waals surface area contributed by atoms with Crippen LogP contribution in [0.4, 0.5) is 0 Å². The van der Waals surface area contributed by atoms with Gasteiger partial charge < -0.3 is 14.0 Å². The predicted octanol–water partition coefficient (Wildman–Crippen LogP) is 7.29. The Hall–Kier alpha value is -2.39. The number of hydrogen-bond donors (Lipinski definition) is 0. The van der Waals surface area contributed by atoms with Crippen molar-refractivity contribution < 1.29 is 23.6 Å². The van der Waals surface area contributed by atoms with Crippen LogP contribution < -0.4 is 9.47 Å². The van der Waals surface area contributed by atoms with Gasteiger partial charge in [0.2, 0.25) is 18.2 Å². The zero-order valence-corrected chi connectivity index (χ0v) is 22.4. The Bertz CT molecular complexity index is 1090. The van der Waals surface area contributed by atoms with E-state index in [1.165, 1.54) is 14.2 Å². The topological polar surface area (TPSA) is 69.7 Å². The van der Waals surface area contributed by atoms with Gasteiger partial charge in [0.05, 0.1) is 14.2 Å². The Labute approximate surface area is 203 Å². The Balaban J connectivity index is 2.23. The lowest BCUT2D eigenvalue weighted by atomic mass is 9.84. The normalized spacial score (nSPS) is 16.6. The van der Waals surface area contributed by atoms with Crippen molar-refractivity contribution in [2.45, 2.75) is 77.8 Å². The van der Waals surface area contributed by atoms with E-state index in [2.05, 4.69) is 20.8 Å². The van der Waals surface area contributed by atoms with E-state index < -0.39 is 23.8 Å². The maximum atomic E-state index is 14.9. The molecular formula is C28H37O5P. The molecule has 1 unspecified atom stereocenters. The Morgan fingerprint density at radius 2 is 1.32 bits per heavy atom. The van der Waals surface area contributed by atoms with Gasteiger partial charge in [-0.05, 0) is 60.9 Å². The lowest BCUT2D eigenvalue weighted by molar-refractivity contribution is 0.103. The number of rotatable bonds is 7. The van der Waals surface area contributed by atoms with Gasteiger partial charge in [0.25, 0.3) is 0 Å². The SMILES string of the molecule is COc1cccc(OC)c1C(=O)P(=O)(C(=O)c1c(C)cc(C(C)(C)C)cc1C)C1CCCCC1. The van der Waals surface area contributed by atoms with Crippen molar-refractivity contribution in [3.05, 3.63) is 58.1 Å². The quantitative estimate of drug-likeness (QED) is 0.386. The fraction of sp³-hybridized carbons (Fsp3) is 0.500. The predicted molar refractivity (Wildman–Crippen MR) is 137 cm³/mol. The van der Waals surface area contributed by atoms with Gasteiger partial charge in [-0.3, -0.25) is 9.59 Å². The first-order valence-corrected chi connectivity index (χ1v) is 13.8. The van der Waals surface area contributed by atoms with Gasteiger partial charge in [0, 0.05) is 11.2 Å². The van der Waals surface area contributed by atoms with E-state index in [1.54, 1.807) is 18.2 Å². The highest BCUT2D eigenvalue weighted by Crippen LogP contribution is 2.62. The first kappa shape index (κ1) is 26.2. The summed E-state index contributed by atoms with van der Waals surface area (Å²) in [7, 11) is -1.13. The van der Waals surface area contributed by atoms with Gasteiger partial charge in [-0.25, -0.2) is 0 Å². The lowest BCUT2D eigenvalue weighted by Crippen LogP contribution is -2.25. The van der Waals surface area contributed by atoms with Crippen LogP contribution in [-0.4, -0.2) is 30.9 Å². The van der Waals surface area contributed by atoms with Crippen molar-refractivity contribution in [3.63, 3.8) is 0 Å². The number of carbonyl (C=O) groups excluding carboxylic acids is 2. The summed E-state index contributed by atoms with van der Waals surface area (Å²) in [6.45, 7) is 10.1. The Kier molecular flexibility index (Phi) is 7.77. The zero-order valence-electron chi connectivity index (χ0n) is 21.5. The van der Waals surface area contributed by atoms with E-state index in [1.807, 2.05) is 26.0 Å². The maximum Gasteiger partial charge on any atom is 0.236 e. The first-order chi connectivity index (χ1) is 16.0. The molecule has 1 atom stereocenters. The molecule has 0 bridgehead atoms. The molecule has 0 aromatic heterocycles. The number of benzene rings is 2. The van der Waals surface area contributed by atoms with Crippen LogP contribution in [0, 0.1) is 13.8 Å². The molecule has 1 aliphatic carbocycles. The standard InChI is InChI=1S/C28H37O5P/c1-18-16-20(28(3,4)5)17-19(2)24(18)26(29)34(31,21-12-9-8-10-13-21)27(30)25-22(32-6)14-11-15-23(25)33-7/h11,14-17,21H,8-10,12-13H2,1-7H3. The number of methoxy groups -OCH3 is 2. The molecule has 2 aromatic carbocycles. The molecule has 0 spiro atoms. The third-order valence-corrected chi connectivity index (χ3v) is 10.1. The molecule has 3 rings (SSSR count). The molecule has 0 N–H and O–H groups in total. The highest BCUT2D eigenvalue weighted by Gasteiger charge is 2.50. The summed E-state index contributed by atoms with van der Waals surface area (Å²) in [6, 6.07) is 8.96. The summed E-state index contributed by atoms with van der Waals surface area (Å²) in [4.78, 5) is 28.4. The van der Waals surface area contributed by atoms with Gasteiger partial charge >= 0.3 is 0 Å². The van der Waals surface area contributed by atoms with Crippen molar-refractivity contribution in [2.24, 2.45) is 0 Å². The molecular weight excluding hydrogens is 447 g/mol. The van der Waals surface area contributed by atoms with Crippen molar-refractivity contribution in [3.8, 4) is 11.5 Å². The summed E-state index contributed by atoms with van der Waals surface area (Å²) < 4.78 is 25.8. The van der Waals surface area contributed by atoms with Crippen LogP contribution in [0.15, 0.2) is 30.3 Å². The molecule has 1 aliphatic rings. The Morgan fingerprint density at radius 1 is 0.853 bits per heavy atom. The molecule has 1 saturated carbocycles. The largest absolute Gasteiger partial charge is 0.496 e. The average Bonchev–Trinajstić information content (AvgIpc) is 2.81. The van der Waals surface area contributed by atoms with Crippen LogP contribution in [0.3, 0.4) is 0 Å². The molecule has 0 radical (unpaired) electrons. The molecule has 5 nitrogen and oxygen atoms in total.